The molecule has 0 atom stereocenters. The van der Waals surface area contributed by atoms with Crippen LogP contribution >= 0.6 is 23.4 Å². The van der Waals surface area contributed by atoms with E-state index in [0.717, 1.165) is 42.6 Å². The van der Waals surface area contributed by atoms with Crippen molar-refractivity contribution < 1.29 is 4.79 Å². The summed E-state index contributed by atoms with van der Waals surface area (Å²) < 4.78 is 0. The SMILES string of the molecule is Cc1ccc(NC(=O)CSc2ccc(N3CCN(c4cc(C)ccc4C)CC3)nn2)c(Cl)c1. The van der Waals surface area contributed by atoms with E-state index >= 15 is 0 Å². The average molecular weight is 482 g/mol. The van der Waals surface area contributed by atoms with Crippen LogP contribution in [0.1, 0.15) is 16.7 Å². The van der Waals surface area contributed by atoms with E-state index in [4.69, 9.17) is 11.6 Å². The lowest BCUT2D eigenvalue weighted by Crippen LogP contribution is -2.47. The van der Waals surface area contributed by atoms with Crippen LogP contribution in [0.25, 0.3) is 0 Å². The highest BCUT2D eigenvalue weighted by Crippen LogP contribution is 2.25. The lowest BCUT2D eigenvalue weighted by molar-refractivity contribution is -0.113. The molecule has 0 saturated carbocycles. The van der Waals surface area contributed by atoms with Gasteiger partial charge in [0.2, 0.25) is 5.91 Å². The third kappa shape index (κ3) is 5.97. The topological polar surface area (TPSA) is 61.4 Å². The van der Waals surface area contributed by atoms with Crippen molar-refractivity contribution in [2.24, 2.45) is 0 Å². The van der Waals surface area contributed by atoms with Crippen molar-refractivity contribution in [2.45, 2.75) is 25.8 Å². The number of aryl methyl sites for hydroxylation is 3. The van der Waals surface area contributed by atoms with E-state index in [0.29, 0.717) is 10.7 Å². The molecule has 1 aliphatic heterocycles. The highest BCUT2D eigenvalue weighted by Gasteiger charge is 2.20. The normalized spacial score (nSPS) is 13.8. The van der Waals surface area contributed by atoms with E-state index in [2.05, 4.69) is 57.4 Å². The van der Waals surface area contributed by atoms with Gasteiger partial charge in [0.15, 0.2) is 5.82 Å². The first-order valence-electron chi connectivity index (χ1n) is 11.0. The maximum absolute atomic E-state index is 12.3. The molecule has 4 rings (SSSR count). The van der Waals surface area contributed by atoms with Crippen LogP contribution in [0.3, 0.4) is 0 Å². The molecule has 1 aliphatic rings. The first-order chi connectivity index (χ1) is 15.9. The number of hydrogen-bond acceptors (Lipinski definition) is 6. The Kier molecular flexibility index (Phi) is 7.40. The Morgan fingerprint density at radius 1 is 0.939 bits per heavy atom. The predicted molar refractivity (Wildman–Crippen MR) is 138 cm³/mol. The van der Waals surface area contributed by atoms with Gasteiger partial charge in [0.1, 0.15) is 5.03 Å². The zero-order chi connectivity index (χ0) is 23.4. The number of halogens is 1. The Morgan fingerprint density at radius 3 is 2.33 bits per heavy atom. The van der Waals surface area contributed by atoms with Gasteiger partial charge in [0, 0.05) is 31.9 Å². The second-order valence-corrected chi connectivity index (χ2v) is 9.72. The quantitative estimate of drug-likeness (QED) is 0.493. The fourth-order valence-electron chi connectivity index (χ4n) is 3.84. The molecule has 1 amide bonds. The van der Waals surface area contributed by atoms with Gasteiger partial charge >= 0.3 is 0 Å². The standard InChI is InChI=1S/C25H28ClN5OS/c1-17-5-7-21(20(26)14-17)27-24(32)16-33-25-9-8-23(28-29-25)31-12-10-30(11-13-31)22-15-18(2)4-6-19(22)3/h4-9,14-15H,10-13,16H2,1-3H3,(H,27,32). The van der Waals surface area contributed by atoms with E-state index in [1.807, 2.05) is 37.3 Å². The van der Waals surface area contributed by atoms with Gasteiger partial charge in [-0.05, 0) is 67.8 Å². The molecule has 1 aromatic heterocycles. The Hall–Kier alpha value is -2.77. The molecule has 8 heteroatoms. The number of carbonyl (C=O) groups is 1. The van der Waals surface area contributed by atoms with E-state index in [1.54, 1.807) is 0 Å². The number of carbonyl (C=O) groups excluding carboxylic acids is 1. The zero-order valence-electron chi connectivity index (χ0n) is 19.1. The summed E-state index contributed by atoms with van der Waals surface area (Å²) in [6.45, 7) is 9.95. The molecule has 6 nitrogen and oxygen atoms in total. The Balaban J connectivity index is 1.28. The van der Waals surface area contributed by atoms with Crippen molar-refractivity contribution in [3.05, 3.63) is 70.2 Å². The minimum Gasteiger partial charge on any atom is -0.368 e. The van der Waals surface area contributed by atoms with Crippen LogP contribution in [0.4, 0.5) is 17.2 Å². The molecule has 2 aromatic carbocycles. The second kappa shape index (κ2) is 10.4. The van der Waals surface area contributed by atoms with Crippen molar-refractivity contribution in [3.63, 3.8) is 0 Å². The van der Waals surface area contributed by atoms with E-state index < -0.39 is 0 Å². The minimum atomic E-state index is -0.126. The molecule has 0 spiro atoms. The Labute approximate surface area is 204 Å². The van der Waals surface area contributed by atoms with Crippen LogP contribution in [-0.2, 0) is 4.79 Å². The number of nitrogens with one attached hydrogen (secondary N) is 1. The maximum atomic E-state index is 12.3. The molecule has 0 bridgehead atoms. The number of amides is 1. The number of aromatic nitrogens is 2. The van der Waals surface area contributed by atoms with E-state index in [-0.39, 0.29) is 11.7 Å². The summed E-state index contributed by atoms with van der Waals surface area (Å²) in [6.07, 6.45) is 0. The fourth-order valence-corrected chi connectivity index (χ4v) is 4.74. The van der Waals surface area contributed by atoms with E-state index in [1.165, 1.54) is 28.6 Å². The molecule has 0 radical (unpaired) electrons. The summed E-state index contributed by atoms with van der Waals surface area (Å²) in [5.41, 5.74) is 5.58. The monoisotopic (exact) mass is 481 g/mol. The molecule has 172 valence electrons. The number of rotatable bonds is 6. The lowest BCUT2D eigenvalue weighted by atomic mass is 10.1. The number of piperazine rings is 1. The Morgan fingerprint density at radius 2 is 1.64 bits per heavy atom. The summed E-state index contributed by atoms with van der Waals surface area (Å²) in [6, 6.07) is 16.1. The van der Waals surface area contributed by atoms with Crippen LogP contribution in [0.5, 0.6) is 0 Å². The summed E-state index contributed by atoms with van der Waals surface area (Å²) in [7, 11) is 0. The van der Waals surface area contributed by atoms with Crippen molar-refractivity contribution in [3.8, 4) is 0 Å². The van der Waals surface area contributed by atoms with Crippen LogP contribution in [0.2, 0.25) is 5.02 Å². The van der Waals surface area contributed by atoms with E-state index in [9.17, 15) is 4.79 Å². The first kappa shape index (κ1) is 23.4. The molecule has 0 aliphatic carbocycles. The van der Waals surface area contributed by atoms with Crippen molar-refractivity contribution >= 4 is 46.5 Å². The van der Waals surface area contributed by atoms with Crippen molar-refractivity contribution in [2.75, 3.05) is 47.0 Å². The molecular weight excluding hydrogens is 454 g/mol. The summed E-state index contributed by atoms with van der Waals surface area (Å²) in [5.74, 6) is 0.988. The van der Waals surface area contributed by atoms with Gasteiger partial charge in [-0.15, -0.1) is 10.2 Å². The molecule has 1 saturated heterocycles. The van der Waals surface area contributed by atoms with Crippen LogP contribution in [-0.4, -0.2) is 48.0 Å². The number of nitrogens with zero attached hydrogens (tertiary/aromatic N) is 4. The van der Waals surface area contributed by atoms with Crippen LogP contribution in [0.15, 0.2) is 53.6 Å². The lowest BCUT2D eigenvalue weighted by Gasteiger charge is -2.37. The van der Waals surface area contributed by atoms with Gasteiger partial charge in [0.05, 0.1) is 16.5 Å². The van der Waals surface area contributed by atoms with Gasteiger partial charge in [-0.2, -0.15) is 0 Å². The van der Waals surface area contributed by atoms with Gasteiger partial charge in [-0.3, -0.25) is 4.79 Å². The third-order valence-corrected chi connectivity index (χ3v) is 6.92. The highest BCUT2D eigenvalue weighted by molar-refractivity contribution is 7.99. The maximum Gasteiger partial charge on any atom is 0.234 e. The minimum absolute atomic E-state index is 0.126. The molecular formula is C25H28ClN5OS. The van der Waals surface area contributed by atoms with Crippen molar-refractivity contribution in [1.29, 1.82) is 0 Å². The van der Waals surface area contributed by atoms with Gasteiger partial charge in [-0.1, -0.05) is 41.6 Å². The van der Waals surface area contributed by atoms with Gasteiger partial charge in [0.25, 0.3) is 0 Å². The predicted octanol–water partition coefficient (Wildman–Crippen LogP) is 5.11. The number of anilines is 3. The number of hydrogen-bond donors (Lipinski definition) is 1. The molecule has 33 heavy (non-hydrogen) atoms. The molecule has 1 N–H and O–H groups in total. The highest BCUT2D eigenvalue weighted by atomic mass is 35.5. The van der Waals surface area contributed by atoms with Gasteiger partial charge in [-0.25, -0.2) is 0 Å². The van der Waals surface area contributed by atoms with Crippen molar-refractivity contribution in [1.82, 2.24) is 10.2 Å². The summed E-state index contributed by atoms with van der Waals surface area (Å²) >= 11 is 7.55. The molecule has 1 fully saturated rings. The summed E-state index contributed by atoms with van der Waals surface area (Å²) in [5, 5.41) is 12.8. The average Bonchev–Trinajstić information content (AvgIpc) is 2.82. The second-order valence-electron chi connectivity index (χ2n) is 8.31. The fraction of sp³-hybridized carbons (Fsp3) is 0.320. The first-order valence-corrected chi connectivity index (χ1v) is 12.3. The Bertz CT molecular complexity index is 1130. The van der Waals surface area contributed by atoms with Crippen LogP contribution in [0, 0.1) is 20.8 Å². The third-order valence-electron chi connectivity index (χ3n) is 5.68. The molecule has 2 heterocycles. The van der Waals surface area contributed by atoms with Crippen LogP contribution < -0.4 is 15.1 Å². The largest absolute Gasteiger partial charge is 0.368 e. The number of thioether (sulfide) groups is 1. The zero-order valence-corrected chi connectivity index (χ0v) is 20.7. The summed E-state index contributed by atoms with van der Waals surface area (Å²) in [4.78, 5) is 17.0. The molecule has 3 aromatic rings. The smallest absolute Gasteiger partial charge is 0.234 e. The van der Waals surface area contributed by atoms with Gasteiger partial charge < -0.3 is 15.1 Å². The number of benzene rings is 2. The molecule has 0 unspecified atom stereocenters.